The van der Waals surface area contributed by atoms with E-state index in [1.807, 2.05) is 0 Å². The summed E-state index contributed by atoms with van der Waals surface area (Å²) >= 11 is 3.90. The monoisotopic (exact) mass is 132 g/mol. The van der Waals surface area contributed by atoms with Crippen LogP contribution in [-0.2, 0) is 0 Å². The molecule has 0 aromatic carbocycles. The minimum Gasteiger partial charge on any atom is -0.240 e. The third-order valence-corrected chi connectivity index (χ3v) is 0.361. The van der Waals surface area contributed by atoms with Gasteiger partial charge in [0, 0.05) is 11.6 Å². The average Bonchev–Trinajstić information content (AvgIpc) is 1.31. The van der Waals surface area contributed by atoms with E-state index in [2.05, 4.69) is 11.6 Å². The number of hydrogen-bond acceptors (Lipinski definition) is 1. The van der Waals surface area contributed by atoms with Crippen molar-refractivity contribution in [1.29, 1.82) is 0 Å². The Morgan fingerprint density at radius 1 is 1.71 bits per heavy atom. The molecule has 1 N–H and O–H groups in total. The van der Waals surface area contributed by atoms with Crippen LogP contribution in [0, 0.1) is 4.91 Å². The Balaban J connectivity index is 3.79. The van der Waals surface area contributed by atoms with Crippen LogP contribution in [0.5, 0.6) is 0 Å². The number of alkyl halides is 3. The maximum Gasteiger partial charge on any atom is 0.640 e. The fourth-order valence-corrected chi connectivity index (χ4v) is 0. The van der Waals surface area contributed by atoms with Crippen LogP contribution < -0.4 is 0 Å². The summed E-state index contributed by atoms with van der Waals surface area (Å²) in [6.07, 6.45) is 0. The number of nitrogens with zero attached hydrogens (tertiary/aromatic N) is 1. The Morgan fingerprint density at radius 3 is 1.86 bits per heavy atom. The largest absolute Gasteiger partial charge is 0.640 e. The summed E-state index contributed by atoms with van der Waals surface area (Å²) in [5.41, 5.74) is -4.19. The summed E-state index contributed by atoms with van der Waals surface area (Å²) in [4.78, 5) is 7.43. The Bertz CT molecular complexity index is 88.2. The van der Waals surface area contributed by atoms with Crippen molar-refractivity contribution < 1.29 is 18.9 Å². The second kappa shape index (κ2) is 1.57. The van der Waals surface area contributed by atoms with E-state index in [1.54, 1.807) is 0 Å². The van der Waals surface area contributed by atoms with E-state index in [9.17, 15) is 8.78 Å². The average molecular weight is 132 g/mol. The first-order valence-electron chi connectivity index (χ1n) is 1.17. The highest BCUT2D eigenvalue weighted by Gasteiger charge is 2.47. The summed E-state index contributed by atoms with van der Waals surface area (Å²) in [7, 11) is 0. The van der Waals surface area contributed by atoms with Gasteiger partial charge in [0.2, 0.25) is 0 Å². The van der Waals surface area contributed by atoms with Gasteiger partial charge in [-0.25, -0.2) is 5.21 Å². The van der Waals surface area contributed by atoms with Gasteiger partial charge in [0.05, 0.1) is 4.91 Å². The Kier molecular flexibility index (Phi) is 1.47. The standard InChI is InChI=1S/CHClF2NO2/c2-1(3,4)5(6)7/h(H,6,7)/q+1. The molecule has 0 heterocycles. The molecule has 0 aliphatic carbocycles. The lowest BCUT2D eigenvalue weighted by molar-refractivity contribution is -0.862. The molecule has 0 spiro atoms. The van der Waals surface area contributed by atoms with Crippen molar-refractivity contribution in [2.45, 2.75) is 5.51 Å². The van der Waals surface area contributed by atoms with Crippen molar-refractivity contribution in [3.63, 3.8) is 0 Å². The first-order valence-corrected chi connectivity index (χ1v) is 1.55. The smallest absolute Gasteiger partial charge is 0.240 e. The fourth-order valence-electron chi connectivity index (χ4n) is 0. The summed E-state index contributed by atoms with van der Waals surface area (Å²) in [5, 5.41) is 7.28. The Hall–Kier alpha value is -0.450. The minimum atomic E-state index is -4.19. The third-order valence-electron chi connectivity index (χ3n) is 0.217. The maximum absolute atomic E-state index is 11.0. The molecule has 0 amide bonds. The predicted octanol–water partition coefficient (Wildman–Crippen LogP) is 0.944. The molecule has 0 aromatic rings. The van der Waals surface area contributed by atoms with Gasteiger partial charge in [-0.15, -0.1) is 8.78 Å². The quantitative estimate of drug-likeness (QED) is 0.328. The van der Waals surface area contributed by atoms with Crippen LogP contribution in [0.3, 0.4) is 0 Å². The molecule has 0 bridgehead atoms. The summed E-state index contributed by atoms with van der Waals surface area (Å²) in [6.45, 7) is 0. The summed E-state index contributed by atoms with van der Waals surface area (Å²) in [6, 6.07) is 0. The molecule has 0 unspecified atom stereocenters. The van der Waals surface area contributed by atoms with Crippen LogP contribution in [0.2, 0.25) is 0 Å². The van der Waals surface area contributed by atoms with E-state index < -0.39 is 10.4 Å². The van der Waals surface area contributed by atoms with Gasteiger partial charge in [0.1, 0.15) is 0 Å². The minimum absolute atomic E-state index is 1.63. The van der Waals surface area contributed by atoms with Crippen molar-refractivity contribution in [2.24, 2.45) is 0 Å². The van der Waals surface area contributed by atoms with Gasteiger partial charge >= 0.3 is 10.4 Å². The van der Waals surface area contributed by atoms with Gasteiger partial charge in [-0.1, -0.05) is 0 Å². The molecular formula is CHClF2NO2+. The topological polar surface area (TPSA) is 40.3 Å². The lowest BCUT2D eigenvalue weighted by atomic mass is 11.3. The zero-order valence-electron chi connectivity index (χ0n) is 2.94. The summed E-state index contributed by atoms with van der Waals surface area (Å²) < 4.78 is 21.9. The van der Waals surface area contributed by atoms with E-state index in [0.717, 1.165) is 0 Å². The Morgan fingerprint density at radius 2 is 1.86 bits per heavy atom. The van der Waals surface area contributed by atoms with Gasteiger partial charge < -0.3 is 0 Å². The molecule has 3 nitrogen and oxygen atoms in total. The van der Waals surface area contributed by atoms with E-state index in [1.165, 1.54) is 0 Å². The number of rotatable bonds is 1. The van der Waals surface area contributed by atoms with Crippen molar-refractivity contribution in [1.82, 2.24) is 0 Å². The molecular weight excluding hydrogens is 131 g/mol. The summed E-state index contributed by atoms with van der Waals surface area (Å²) in [5.74, 6) is 0. The highest BCUT2D eigenvalue weighted by Crippen LogP contribution is 2.16. The third kappa shape index (κ3) is 2.27. The van der Waals surface area contributed by atoms with Crippen molar-refractivity contribution in [2.75, 3.05) is 0 Å². The normalized spacial score (nSPS) is 11.3. The number of hydrogen-bond donors (Lipinski definition) is 1. The lowest BCUT2D eigenvalue weighted by Gasteiger charge is -1.84. The van der Waals surface area contributed by atoms with Crippen LogP contribution in [0.25, 0.3) is 0 Å². The molecule has 7 heavy (non-hydrogen) atoms. The number of halogens is 3. The zero-order valence-corrected chi connectivity index (χ0v) is 3.69. The van der Waals surface area contributed by atoms with Crippen molar-refractivity contribution >= 4 is 11.6 Å². The molecule has 0 rings (SSSR count). The first-order chi connectivity index (χ1) is 2.94. The molecule has 0 atom stereocenters. The zero-order chi connectivity index (χ0) is 6.08. The predicted molar refractivity (Wildman–Crippen MR) is 16.2 cm³/mol. The first kappa shape index (κ1) is 6.55. The molecule has 0 radical (unpaired) electrons. The van der Waals surface area contributed by atoms with E-state index in [-0.39, 0.29) is 0 Å². The van der Waals surface area contributed by atoms with Gasteiger partial charge in [-0.3, -0.25) is 0 Å². The van der Waals surface area contributed by atoms with Crippen LogP contribution >= 0.6 is 11.6 Å². The molecule has 0 fully saturated rings. The Labute approximate surface area is 42.0 Å². The molecule has 0 aliphatic heterocycles. The molecule has 0 saturated heterocycles. The van der Waals surface area contributed by atoms with Gasteiger partial charge in [0.25, 0.3) is 0 Å². The fraction of sp³-hybridized carbons (Fsp3) is 1.00. The van der Waals surface area contributed by atoms with Crippen molar-refractivity contribution in [3.8, 4) is 0 Å². The maximum atomic E-state index is 11.0. The highest BCUT2D eigenvalue weighted by molar-refractivity contribution is 6.20. The molecule has 0 saturated carbocycles. The SMILES string of the molecule is O=[N+](O)C(F)(F)Cl. The van der Waals surface area contributed by atoms with E-state index in [0.29, 0.717) is 0 Å². The van der Waals surface area contributed by atoms with E-state index in [4.69, 9.17) is 10.1 Å². The van der Waals surface area contributed by atoms with E-state index >= 15 is 0 Å². The molecule has 42 valence electrons. The van der Waals surface area contributed by atoms with Gasteiger partial charge in [-0.2, -0.15) is 0 Å². The van der Waals surface area contributed by atoms with Crippen molar-refractivity contribution in [3.05, 3.63) is 4.91 Å². The van der Waals surface area contributed by atoms with Crippen LogP contribution in [0.4, 0.5) is 8.78 Å². The molecule has 0 aromatic heterocycles. The lowest BCUT2D eigenvalue weighted by Crippen LogP contribution is -2.20. The van der Waals surface area contributed by atoms with Gasteiger partial charge in [0.15, 0.2) is 0 Å². The second-order valence-corrected chi connectivity index (χ2v) is 1.20. The van der Waals surface area contributed by atoms with Crippen LogP contribution in [0.1, 0.15) is 0 Å². The van der Waals surface area contributed by atoms with Crippen LogP contribution in [0.15, 0.2) is 0 Å². The van der Waals surface area contributed by atoms with Gasteiger partial charge in [-0.05, 0) is 0 Å². The second-order valence-electron chi connectivity index (χ2n) is 0.741. The highest BCUT2D eigenvalue weighted by atomic mass is 35.5. The van der Waals surface area contributed by atoms with Crippen LogP contribution in [-0.4, -0.2) is 15.6 Å². The molecule has 0 aliphatic rings. The molecule has 6 heteroatoms.